The van der Waals surface area contributed by atoms with Crippen LogP contribution in [-0.4, -0.2) is 78.0 Å². The maximum absolute atomic E-state index is 12.7. The van der Waals surface area contributed by atoms with E-state index < -0.39 is 6.09 Å². The van der Waals surface area contributed by atoms with Crippen molar-refractivity contribution in [2.24, 2.45) is 5.92 Å². The molecule has 2 aliphatic heterocycles. The van der Waals surface area contributed by atoms with Crippen molar-refractivity contribution in [1.82, 2.24) is 20.1 Å². The molecule has 3 heterocycles. The van der Waals surface area contributed by atoms with Crippen molar-refractivity contribution >= 4 is 29.2 Å². The highest BCUT2D eigenvalue weighted by Gasteiger charge is 2.28. The first-order chi connectivity index (χ1) is 18.4. The molecular weight excluding hydrogens is 488 g/mol. The summed E-state index contributed by atoms with van der Waals surface area (Å²) in [7, 11) is 0. The number of aryl methyl sites for hydroxylation is 1. The molecular formula is C27H38N6O5. The highest BCUT2D eigenvalue weighted by atomic mass is 16.5. The second kappa shape index (κ2) is 13.4. The molecule has 0 aliphatic carbocycles. The quantitative estimate of drug-likeness (QED) is 0.485. The van der Waals surface area contributed by atoms with E-state index in [-0.39, 0.29) is 23.7 Å². The molecule has 1 unspecified atom stereocenters. The number of ether oxygens (including phenoxy) is 2. The van der Waals surface area contributed by atoms with Gasteiger partial charge in [-0.1, -0.05) is 26.0 Å². The lowest BCUT2D eigenvalue weighted by molar-refractivity contribution is -0.135. The van der Waals surface area contributed by atoms with Crippen LogP contribution < -0.4 is 15.8 Å². The summed E-state index contributed by atoms with van der Waals surface area (Å²) in [6, 6.07) is 7.06. The van der Waals surface area contributed by atoms with Crippen LogP contribution in [0.5, 0.6) is 0 Å². The van der Waals surface area contributed by atoms with Gasteiger partial charge in [0, 0.05) is 50.9 Å². The SMILES string of the molecule is CC(C)COC(=O)Nc1cccc(CC2NN(c3cnn(CCCC(=O)N4CCOCC4)c3)CCC2=O)c1. The highest BCUT2D eigenvalue weighted by molar-refractivity contribution is 5.87. The lowest BCUT2D eigenvalue weighted by Crippen LogP contribution is -2.55. The summed E-state index contributed by atoms with van der Waals surface area (Å²) in [4.78, 5) is 38.9. The number of amides is 2. The summed E-state index contributed by atoms with van der Waals surface area (Å²) < 4.78 is 12.3. The average molecular weight is 527 g/mol. The van der Waals surface area contributed by atoms with Gasteiger partial charge in [0.25, 0.3) is 0 Å². The molecule has 0 bridgehead atoms. The minimum Gasteiger partial charge on any atom is -0.449 e. The van der Waals surface area contributed by atoms with E-state index in [1.54, 1.807) is 12.3 Å². The fraction of sp³-hybridized carbons (Fsp3) is 0.556. The Morgan fingerprint density at radius 1 is 1.24 bits per heavy atom. The van der Waals surface area contributed by atoms with Crippen LogP contribution in [0.1, 0.15) is 38.7 Å². The third-order valence-corrected chi connectivity index (χ3v) is 6.52. The van der Waals surface area contributed by atoms with E-state index in [0.29, 0.717) is 77.4 Å². The predicted octanol–water partition coefficient (Wildman–Crippen LogP) is 2.62. The van der Waals surface area contributed by atoms with Crippen molar-refractivity contribution in [3.05, 3.63) is 42.2 Å². The first-order valence-corrected chi connectivity index (χ1v) is 13.3. The van der Waals surface area contributed by atoms with E-state index in [2.05, 4.69) is 15.8 Å². The molecule has 1 atom stereocenters. The van der Waals surface area contributed by atoms with Gasteiger partial charge in [-0.2, -0.15) is 5.10 Å². The third kappa shape index (κ3) is 8.03. The van der Waals surface area contributed by atoms with Crippen molar-refractivity contribution < 1.29 is 23.9 Å². The summed E-state index contributed by atoms with van der Waals surface area (Å²) >= 11 is 0. The Bertz CT molecular complexity index is 1100. The van der Waals surface area contributed by atoms with E-state index in [4.69, 9.17) is 9.47 Å². The number of benzene rings is 1. The number of carbonyl (C=O) groups is 3. The topological polar surface area (TPSA) is 118 Å². The zero-order valence-corrected chi connectivity index (χ0v) is 22.2. The van der Waals surface area contributed by atoms with Crippen LogP contribution >= 0.6 is 0 Å². The number of rotatable bonds is 10. The summed E-state index contributed by atoms with van der Waals surface area (Å²) in [6.45, 7) is 8.05. The van der Waals surface area contributed by atoms with Gasteiger partial charge in [-0.25, -0.2) is 10.2 Å². The van der Waals surface area contributed by atoms with Gasteiger partial charge in [0.2, 0.25) is 5.91 Å². The highest BCUT2D eigenvalue weighted by Crippen LogP contribution is 2.19. The van der Waals surface area contributed by atoms with Crippen LogP contribution in [0.2, 0.25) is 0 Å². The number of nitrogens with zero attached hydrogens (tertiary/aromatic N) is 4. The fourth-order valence-electron chi connectivity index (χ4n) is 4.47. The molecule has 11 heteroatoms. The molecule has 2 amide bonds. The van der Waals surface area contributed by atoms with Crippen molar-refractivity contribution in [1.29, 1.82) is 0 Å². The second-order valence-corrected chi connectivity index (χ2v) is 10.1. The van der Waals surface area contributed by atoms with Gasteiger partial charge in [-0.3, -0.25) is 19.6 Å². The summed E-state index contributed by atoms with van der Waals surface area (Å²) in [5, 5.41) is 9.15. The molecule has 1 aromatic carbocycles. The zero-order valence-electron chi connectivity index (χ0n) is 22.2. The minimum atomic E-state index is -0.489. The normalized spacial score (nSPS) is 18.1. The Hall–Kier alpha value is -3.44. The number of hydrogen-bond donors (Lipinski definition) is 2. The van der Waals surface area contributed by atoms with Gasteiger partial charge >= 0.3 is 6.09 Å². The number of ketones is 1. The Morgan fingerprint density at radius 2 is 2.05 bits per heavy atom. The van der Waals surface area contributed by atoms with E-state index >= 15 is 0 Å². The van der Waals surface area contributed by atoms with Crippen molar-refractivity contribution in [3.8, 4) is 0 Å². The Balaban J connectivity index is 1.27. The van der Waals surface area contributed by atoms with Crippen LogP contribution in [-0.2, 0) is 32.0 Å². The predicted molar refractivity (Wildman–Crippen MR) is 143 cm³/mol. The van der Waals surface area contributed by atoms with Crippen molar-refractivity contribution in [2.75, 3.05) is 49.8 Å². The van der Waals surface area contributed by atoms with Gasteiger partial charge in [0.15, 0.2) is 5.78 Å². The van der Waals surface area contributed by atoms with Crippen molar-refractivity contribution in [3.63, 3.8) is 0 Å². The van der Waals surface area contributed by atoms with Crippen LogP contribution in [0.15, 0.2) is 36.7 Å². The molecule has 206 valence electrons. The molecule has 2 aliphatic rings. The third-order valence-electron chi connectivity index (χ3n) is 6.52. The largest absolute Gasteiger partial charge is 0.449 e. The molecule has 2 N–H and O–H groups in total. The van der Waals surface area contributed by atoms with Gasteiger partial charge in [-0.05, 0) is 36.5 Å². The molecule has 1 aromatic heterocycles. The monoisotopic (exact) mass is 526 g/mol. The Morgan fingerprint density at radius 3 is 2.84 bits per heavy atom. The zero-order chi connectivity index (χ0) is 26.9. The van der Waals surface area contributed by atoms with Crippen molar-refractivity contribution in [2.45, 2.75) is 52.1 Å². The number of morpholine rings is 1. The van der Waals surface area contributed by atoms with E-state index in [9.17, 15) is 14.4 Å². The van der Waals surface area contributed by atoms with E-state index in [0.717, 1.165) is 11.3 Å². The van der Waals surface area contributed by atoms with E-state index in [1.807, 2.05) is 52.8 Å². The van der Waals surface area contributed by atoms with Crippen LogP contribution in [0.25, 0.3) is 0 Å². The number of carbonyl (C=O) groups excluding carboxylic acids is 3. The maximum Gasteiger partial charge on any atom is 0.411 e. The fourth-order valence-corrected chi connectivity index (χ4v) is 4.47. The Kier molecular flexibility index (Phi) is 9.72. The number of hydrazine groups is 1. The number of nitrogens with one attached hydrogen (secondary N) is 2. The molecule has 2 aromatic rings. The molecule has 2 fully saturated rings. The lowest BCUT2D eigenvalue weighted by Gasteiger charge is -2.33. The van der Waals surface area contributed by atoms with Gasteiger partial charge in [0.1, 0.15) is 0 Å². The van der Waals surface area contributed by atoms with Gasteiger partial charge in [-0.15, -0.1) is 0 Å². The first-order valence-electron chi connectivity index (χ1n) is 13.3. The van der Waals surface area contributed by atoms with Crippen LogP contribution in [0, 0.1) is 5.92 Å². The summed E-state index contributed by atoms with van der Waals surface area (Å²) in [6.07, 6.45) is 5.33. The summed E-state index contributed by atoms with van der Waals surface area (Å²) in [5.74, 6) is 0.562. The minimum absolute atomic E-state index is 0.143. The number of Topliss-reactive ketones (excluding diaryl/α,β-unsaturated/α-hetero) is 1. The van der Waals surface area contributed by atoms with Gasteiger partial charge < -0.3 is 19.4 Å². The Labute approximate surface area is 223 Å². The molecule has 0 spiro atoms. The molecule has 0 saturated carbocycles. The molecule has 2 saturated heterocycles. The maximum atomic E-state index is 12.7. The molecule has 0 radical (unpaired) electrons. The van der Waals surface area contributed by atoms with E-state index in [1.165, 1.54) is 0 Å². The van der Waals surface area contributed by atoms with Crippen LogP contribution in [0.4, 0.5) is 16.2 Å². The van der Waals surface area contributed by atoms with Gasteiger partial charge in [0.05, 0.1) is 37.7 Å². The summed E-state index contributed by atoms with van der Waals surface area (Å²) in [5.41, 5.74) is 5.78. The molecule has 11 nitrogen and oxygen atoms in total. The second-order valence-electron chi connectivity index (χ2n) is 10.1. The molecule has 38 heavy (non-hydrogen) atoms. The standard InChI is InChI=1S/C27H38N6O5/c1-20(2)19-38-27(36)29-22-6-3-5-21(15-22)16-24-25(34)8-10-33(30-24)23-17-28-32(18-23)9-4-7-26(35)31-11-13-37-14-12-31/h3,5-6,15,17-18,20,24,30H,4,7-14,16,19H2,1-2H3,(H,29,36). The van der Waals surface area contributed by atoms with Crippen LogP contribution in [0.3, 0.4) is 0 Å². The lowest BCUT2D eigenvalue weighted by atomic mass is 9.99. The smallest absolute Gasteiger partial charge is 0.411 e. The number of anilines is 2. The molecule has 4 rings (SSSR count). The number of aromatic nitrogens is 2. The average Bonchev–Trinajstić information content (AvgIpc) is 3.38. The number of hydrogen-bond acceptors (Lipinski definition) is 8. The first kappa shape index (κ1) is 27.6.